The molecule has 5 nitrogen and oxygen atoms in total. The number of hydrogen-bond donors (Lipinski definition) is 1. The Hall–Kier alpha value is -2.03. The van der Waals surface area contributed by atoms with Gasteiger partial charge in [0.15, 0.2) is 23.4 Å². The molecule has 0 aromatic heterocycles. The molecule has 4 atom stereocenters. The van der Waals surface area contributed by atoms with E-state index in [1.165, 1.54) is 0 Å². The molecule has 1 aliphatic heterocycles. The van der Waals surface area contributed by atoms with Crippen LogP contribution < -0.4 is 9.47 Å². The number of ether oxygens (including phenoxy) is 2. The number of terminal acetylenes is 1. The maximum atomic E-state index is 12.6. The molecular formula is C19H21NO4. The van der Waals surface area contributed by atoms with Crippen LogP contribution in [-0.2, 0) is 16.6 Å². The second-order valence-electron chi connectivity index (χ2n) is 7.16. The maximum absolute atomic E-state index is 12.6. The first-order chi connectivity index (χ1) is 11.4. The van der Waals surface area contributed by atoms with Gasteiger partial charge in [0, 0.05) is 18.0 Å². The Morgan fingerprint density at radius 3 is 2.83 bits per heavy atom. The summed E-state index contributed by atoms with van der Waals surface area (Å²) in [5, 5.41) is 11.7. The van der Waals surface area contributed by atoms with Gasteiger partial charge < -0.3 is 19.5 Å². The van der Waals surface area contributed by atoms with Gasteiger partial charge in [-0.1, -0.05) is 12.0 Å². The van der Waals surface area contributed by atoms with Gasteiger partial charge in [-0.2, -0.15) is 0 Å². The van der Waals surface area contributed by atoms with Crippen molar-refractivity contribution in [1.29, 1.82) is 0 Å². The van der Waals surface area contributed by atoms with Crippen molar-refractivity contribution in [3.05, 3.63) is 23.3 Å². The predicted octanol–water partition coefficient (Wildman–Crippen LogP) is 0.907. The number of rotatable bonds is 2. The van der Waals surface area contributed by atoms with Gasteiger partial charge in [-0.05, 0) is 38.6 Å². The fraction of sp³-hybridized carbons (Fsp3) is 0.526. The molecular weight excluding hydrogens is 306 g/mol. The van der Waals surface area contributed by atoms with Crippen molar-refractivity contribution >= 4 is 5.78 Å². The molecule has 0 bridgehead atoms. The number of likely N-dealkylation sites (N-methyl/N-ethyl adjacent to an activating group) is 1. The van der Waals surface area contributed by atoms with Crippen molar-refractivity contribution in [3.8, 4) is 23.8 Å². The van der Waals surface area contributed by atoms with Crippen molar-refractivity contribution in [2.75, 3.05) is 21.2 Å². The van der Waals surface area contributed by atoms with E-state index in [1.54, 1.807) is 7.11 Å². The van der Waals surface area contributed by atoms with Crippen molar-refractivity contribution < 1.29 is 19.4 Å². The van der Waals surface area contributed by atoms with Gasteiger partial charge in [-0.3, -0.25) is 4.79 Å². The van der Waals surface area contributed by atoms with Crippen LogP contribution in [0.25, 0.3) is 0 Å². The van der Waals surface area contributed by atoms with Crippen molar-refractivity contribution in [2.45, 2.75) is 42.4 Å². The monoisotopic (exact) mass is 327 g/mol. The lowest BCUT2D eigenvalue weighted by molar-refractivity contribution is -0.155. The number of carbonyl (C=O) groups excluding carboxylic acids is 1. The largest absolute Gasteiger partial charge is 0.493 e. The quantitative estimate of drug-likeness (QED) is 0.818. The highest BCUT2D eigenvalue weighted by atomic mass is 16.5. The molecule has 4 rings (SSSR count). The molecule has 0 spiro atoms. The van der Waals surface area contributed by atoms with Gasteiger partial charge in [0.05, 0.1) is 7.11 Å². The van der Waals surface area contributed by atoms with Crippen molar-refractivity contribution in [1.82, 2.24) is 4.90 Å². The lowest BCUT2D eigenvalue weighted by Gasteiger charge is -2.55. The fourth-order valence-electron chi connectivity index (χ4n) is 4.90. The topological polar surface area (TPSA) is 59.0 Å². The highest BCUT2D eigenvalue weighted by molar-refractivity contribution is 5.91. The minimum absolute atomic E-state index is 0.0544. The summed E-state index contributed by atoms with van der Waals surface area (Å²) >= 11 is 0. The number of benzene rings is 1. The summed E-state index contributed by atoms with van der Waals surface area (Å²) in [4.78, 5) is 14.6. The molecule has 0 saturated heterocycles. The lowest BCUT2D eigenvalue weighted by atomic mass is 9.52. The van der Waals surface area contributed by atoms with Gasteiger partial charge in [0.2, 0.25) is 0 Å². The first-order valence-electron chi connectivity index (χ1n) is 8.17. The van der Waals surface area contributed by atoms with E-state index in [-0.39, 0.29) is 18.2 Å². The average Bonchev–Trinajstić information content (AvgIpc) is 2.94. The predicted molar refractivity (Wildman–Crippen MR) is 88.3 cm³/mol. The summed E-state index contributed by atoms with van der Waals surface area (Å²) in [6, 6.07) is 3.63. The van der Waals surface area contributed by atoms with Crippen LogP contribution in [0, 0.1) is 12.3 Å². The van der Waals surface area contributed by atoms with Crippen LogP contribution in [0.15, 0.2) is 12.1 Å². The summed E-state index contributed by atoms with van der Waals surface area (Å²) in [7, 11) is 5.43. The molecule has 1 saturated carbocycles. The Morgan fingerprint density at radius 1 is 1.46 bits per heavy atom. The minimum Gasteiger partial charge on any atom is -0.493 e. The molecule has 2 unspecified atom stereocenters. The molecule has 0 radical (unpaired) electrons. The minimum atomic E-state index is -1.21. The number of methoxy groups -OCH3 is 1. The van der Waals surface area contributed by atoms with E-state index in [2.05, 4.69) is 5.92 Å². The van der Waals surface area contributed by atoms with E-state index >= 15 is 0 Å². The van der Waals surface area contributed by atoms with Crippen LogP contribution in [0.2, 0.25) is 0 Å². The number of nitrogens with zero attached hydrogens (tertiary/aromatic N) is 1. The summed E-state index contributed by atoms with van der Waals surface area (Å²) in [6.45, 7) is 0. The third-order valence-corrected chi connectivity index (χ3v) is 5.99. The second kappa shape index (κ2) is 4.75. The summed E-state index contributed by atoms with van der Waals surface area (Å²) < 4.78 is 11.4. The molecule has 3 aliphatic rings. The van der Waals surface area contributed by atoms with Crippen LogP contribution in [0.1, 0.15) is 24.0 Å². The zero-order chi connectivity index (χ0) is 17.3. The van der Waals surface area contributed by atoms with Gasteiger partial charge in [0.1, 0.15) is 11.0 Å². The zero-order valence-electron chi connectivity index (χ0n) is 14.1. The number of hydrogen-bond acceptors (Lipinski definition) is 5. The molecule has 1 fully saturated rings. The number of Topliss-reactive ketones (excluding diaryl/α,β-unsaturated/α-hetero) is 1. The van der Waals surface area contributed by atoms with Crippen LogP contribution in [0.3, 0.4) is 0 Å². The summed E-state index contributed by atoms with van der Waals surface area (Å²) in [5.41, 5.74) is -0.587. The Morgan fingerprint density at radius 2 is 2.21 bits per heavy atom. The highest BCUT2D eigenvalue weighted by Crippen LogP contribution is 2.61. The summed E-state index contributed by atoms with van der Waals surface area (Å²) in [5.74, 6) is 3.82. The molecule has 1 aromatic rings. The Labute approximate surface area is 141 Å². The van der Waals surface area contributed by atoms with E-state index < -0.39 is 17.1 Å². The number of ketones is 1. The van der Waals surface area contributed by atoms with Crippen molar-refractivity contribution in [2.24, 2.45) is 0 Å². The molecule has 5 heteroatoms. The SMILES string of the molecule is C#C[C@]12c3c4ccc(OC)c3OC1C(=O)CCC2(O)[C@H](N(C)C)C4. The molecule has 126 valence electrons. The van der Waals surface area contributed by atoms with Gasteiger partial charge >= 0.3 is 0 Å². The molecule has 0 amide bonds. The molecule has 1 aromatic carbocycles. The van der Waals surface area contributed by atoms with E-state index in [4.69, 9.17) is 15.9 Å². The first-order valence-corrected chi connectivity index (χ1v) is 8.17. The van der Waals surface area contributed by atoms with Gasteiger partial charge in [0.25, 0.3) is 0 Å². The fourth-order valence-corrected chi connectivity index (χ4v) is 4.90. The van der Waals surface area contributed by atoms with Crippen LogP contribution >= 0.6 is 0 Å². The molecule has 1 heterocycles. The Bertz CT molecular complexity index is 780. The van der Waals surface area contributed by atoms with E-state index in [9.17, 15) is 9.90 Å². The van der Waals surface area contributed by atoms with Gasteiger partial charge in [-0.15, -0.1) is 6.42 Å². The molecule has 2 aliphatic carbocycles. The smallest absolute Gasteiger partial charge is 0.180 e. The summed E-state index contributed by atoms with van der Waals surface area (Å²) in [6.07, 6.45) is 6.40. The number of carbonyl (C=O) groups is 1. The number of aliphatic hydroxyl groups is 1. The standard InChI is InChI=1S/C19H21NO4/c1-5-18-15-11-6-7-13(23-4)16(15)24-17(18)12(21)8-9-19(18,22)14(10-11)20(2)3/h1,6-7,14,17,22H,8-10H2,2-4H3/t14-,17?,18+,19?/m1/s1. The molecule has 1 N–H and O–H groups in total. The zero-order valence-corrected chi connectivity index (χ0v) is 14.1. The average molecular weight is 327 g/mol. The van der Waals surface area contributed by atoms with Crippen LogP contribution in [-0.4, -0.2) is 54.7 Å². The van der Waals surface area contributed by atoms with E-state index in [1.807, 2.05) is 31.1 Å². The lowest BCUT2D eigenvalue weighted by Crippen LogP contribution is -2.72. The van der Waals surface area contributed by atoms with Gasteiger partial charge in [-0.25, -0.2) is 0 Å². The third-order valence-electron chi connectivity index (χ3n) is 5.99. The molecule has 24 heavy (non-hydrogen) atoms. The first kappa shape index (κ1) is 15.5. The highest BCUT2D eigenvalue weighted by Gasteiger charge is 2.71. The van der Waals surface area contributed by atoms with Crippen LogP contribution in [0.5, 0.6) is 11.5 Å². The normalized spacial score (nSPS) is 36.1. The second-order valence-corrected chi connectivity index (χ2v) is 7.16. The Balaban J connectivity index is 2.08. The van der Waals surface area contributed by atoms with E-state index in [0.29, 0.717) is 24.3 Å². The van der Waals surface area contributed by atoms with Crippen molar-refractivity contribution in [3.63, 3.8) is 0 Å². The Kier molecular flexibility index (Phi) is 3.07. The maximum Gasteiger partial charge on any atom is 0.180 e. The third kappa shape index (κ3) is 1.51. The van der Waals surface area contributed by atoms with Crippen LogP contribution in [0.4, 0.5) is 0 Å². The van der Waals surface area contributed by atoms with E-state index in [0.717, 1.165) is 11.1 Å².